The molecule has 114 valence electrons. The number of hydrogen-bond donors (Lipinski definition) is 1. The molecule has 0 aliphatic carbocycles. The van der Waals surface area contributed by atoms with Gasteiger partial charge in [0.15, 0.2) is 0 Å². The number of furan rings is 1. The molecule has 0 aromatic carbocycles. The summed E-state index contributed by atoms with van der Waals surface area (Å²) in [7, 11) is 0. The van der Waals surface area contributed by atoms with Crippen molar-refractivity contribution in [1.29, 1.82) is 0 Å². The van der Waals surface area contributed by atoms with Gasteiger partial charge in [-0.2, -0.15) is 16.4 Å². The molecule has 0 aliphatic heterocycles. The van der Waals surface area contributed by atoms with Gasteiger partial charge in [0.05, 0.1) is 24.1 Å². The SMILES string of the molecule is Cc1nn(CCNC(=O)c2ccsc2)c(C)c1-c1ccco1. The Balaban J connectivity index is 1.66. The second-order valence-corrected chi connectivity index (χ2v) is 5.79. The summed E-state index contributed by atoms with van der Waals surface area (Å²) >= 11 is 1.52. The van der Waals surface area contributed by atoms with E-state index in [1.54, 1.807) is 6.26 Å². The van der Waals surface area contributed by atoms with Gasteiger partial charge >= 0.3 is 0 Å². The van der Waals surface area contributed by atoms with Crippen molar-refractivity contribution in [3.8, 4) is 11.3 Å². The first-order valence-corrected chi connectivity index (χ1v) is 7.99. The molecule has 0 saturated heterocycles. The van der Waals surface area contributed by atoms with Crippen LogP contribution in [0, 0.1) is 13.8 Å². The van der Waals surface area contributed by atoms with Gasteiger partial charge in [-0.25, -0.2) is 0 Å². The Morgan fingerprint density at radius 3 is 2.95 bits per heavy atom. The van der Waals surface area contributed by atoms with Gasteiger partial charge in [0.2, 0.25) is 0 Å². The van der Waals surface area contributed by atoms with E-state index in [0.29, 0.717) is 18.7 Å². The summed E-state index contributed by atoms with van der Waals surface area (Å²) in [4.78, 5) is 11.9. The molecule has 1 N–H and O–H groups in total. The normalized spacial score (nSPS) is 10.8. The smallest absolute Gasteiger partial charge is 0.252 e. The number of hydrogen-bond acceptors (Lipinski definition) is 4. The average molecular weight is 315 g/mol. The van der Waals surface area contributed by atoms with E-state index >= 15 is 0 Å². The highest BCUT2D eigenvalue weighted by molar-refractivity contribution is 7.08. The summed E-state index contributed by atoms with van der Waals surface area (Å²) in [5, 5.41) is 11.2. The molecular weight excluding hydrogens is 298 g/mol. The standard InChI is InChI=1S/C16H17N3O2S/c1-11-15(14-4-3-8-21-14)12(2)19(18-11)7-6-17-16(20)13-5-9-22-10-13/h3-5,8-10H,6-7H2,1-2H3,(H,17,20). The minimum atomic E-state index is -0.0472. The minimum absolute atomic E-state index is 0.0472. The predicted octanol–water partition coefficient (Wildman–Crippen LogP) is 3.25. The van der Waals surface area contributed by atoms with Crippen LogP contribution >= 0.6 is 11.3 Å². The number of thiophene rings is 1. The Morgan fingerprint density at radius 1 is 1.41 bits per heavy atom. The van der Waals surface area contributed by atoms with Crippen LogP contribution in [0.2, 0.25) is 0 Å². The summed E-state index contributed by atoms with van der Waals surface area (Å²) in [6.45, 7) is 5.14. The monoisotopic (exact) mass is 315 g/mol. The van der Waals surface area contributed by atoms with Crippen LogP contribution in [0.25, 0.3) is 11.3 Å². The highest BCUT2D eigenvalue weighted by Gasteiger charge is 2.15. The Morgan fingerprint density at radius 2 is 2.27 bits per heavy atom. The van der Waals surface area contributed by atoms with Crippen LogP contribution < -0.4 is 5.32 Å². The van der Waals surface area contributed by atoms with E-state index in [4.69, 9.17) is 4.42 Å². The lowest BCUT2D eigenvalue weighted by atomic mass is 10.1. The fraction of sp³-hybridized carbons (Fsp3) is 0.250. The summed E-state index contributed by atoms with van der Waals surface area (Å²) in [6, 6.07) is 5.62. The molecule has 0 bridgehead atoms. The zero-order valence-electron chi connectivity index (χ0n) is 12.5. The number of amides is 1. The van der Waals surface area contributed by atoms with Crippen molar-refractivity contribution in [2.75, 3.05) is 6.54 Å². The van der Waals surface area contributed by atoms with Gasteiger partial charge < -0.3 is 9.73 Å². The van der Waals surface area contributed by atoms with E-state index in [-0.39, 0.29) is 5.91 Å². The van der Waals surface area contributed by atoms with Crippen molar-refractivity contribution in [3.63, 3.8) is 0 Å². The molecule has 0 atom stereocenters. The highest BCUT2D eigenvalue weighted by Crippen LogP contribution is 2.26. The molecular formula is C16H17N3O2S. The topological polar surface area (TPSA) is 60.1 Å². The van der Waals surface area contributed by atoms with E-state index in [2.05, 4.69) is 10.4 Å². The van der Waals surface area contributed by atoms with E-state index in [0.717, 1.165) is 22.7 Å². The lowest BCUT2D eigenvalue weighted by Crippen LogP contribution is -2.27. The minimum Gasteiger partial charge on any atom is -0.464 e. The molecule has 0 fully saturated rings. The number of aryl methyl sites for hydroxylation is 1. The van der Waals surface area contributed by atoms with Gasteiger partial charge in [-0.3, -0.25) is 9.48 Å². The molecule has 0 radical (unpaired) electrons. The van der Waals surface area contributed by atoms with Crippen molar-refractivity contribution in [2.24, 2.45) is 0 Å². The van der Waals surface area contributed by atoms with Crippen LogP contribution in [0.15, 0.2) is 39.6 Å². The summed E-state index contributed by atoms with van der Waals surface area (Å²) in [5.74, 6) is 0.776. The Labute approximate surface area is 132 Å². The first-order chi connectivity index (χ1) is 10.7. The van der Waals surface area contributed by atoms with Gasteiger partial charge in [-0.15, -0.1) is 0 Å². The van der Waals surface area contributed by atoms with Crippen molar-refractivity contribution in [1.82, 2.24) is 15.1 Å². The van der Waals surface area contributed by atoms with Crippen LogP contribution in [-0.4, -0.2) is 22.2 Å². The molecule has 22 heavy (non-hydrogen) atoms. The lowest BCUT2D eigenvalue weighted by molar-refractivity contribution is 0.0952. The summed E-state index contributed by atoms with van der Waals surface area (Å²) in [5.41, 5.74) is 3.69. The Hall–Kier alpha value is -2.34. The molecule has 0 spiro atoms. The maximum Gasteiger partial charge on any atom is 0.252 e. The molecule has 6 heteroatoms. The first kappa shape index (κ1) is 14.6. The molecule has 3 rings (SSSR count). The quantitative estimate of drug-likeness (QED) is 0.786. The Kier molecular flexibility index (Phi) is 4.11. The van der Waals surface area contributed by atoms with Gasteiger partial charge in [0.25, 0.3) is 5.91 Å². The van der Waals surface area contributed by atoms with E-state index in [1.165, 1.54) is 11.3 Å². The zero-order chi connectivity index (χ0) is 15.5. The van der Waals surface area contributed by atoms with Crippen LogP contribution in [0.4, 0.5) is 0 Å². The molecule has 3 aromatic heterocycles. The summed E-state index contributed by atoms with van der Waals surface area (Å²) < 4.78 is 7.37. The Bertz CT molecular complexity index is 758. The molecule has 3 heterocycles. The van der Waals surface area contributed by atoms with E-state index in [9.17, 15) is 4.79 Å². The molecule has 0 unspecified atom stereocenters. The number of carbonyl (C=O) groups is 1. The third-order valence-corrected chi connectivity index (χ3v) is 4.22. The van der Waals surface area contributed by atoms with Crippen molar-refractivity contribution < 1.29 is 9.21 Å². The largest absolute Gasteiger partial charge is 0.464 e. The number of rotatable bonds is 5. The maximum atomic E-state index is 11.9. The lowest BCUT2D eigenvalue weighted by Gasteiger charge is -2.06. The maximum absolute atomic E-state index is 11.9. The molecule has 3 aromatic rings. The molecule has 0 aliphatic rings. The third-order valence-electron chi connectivity index (χ3n) is 3.54. The van der Waals surface area contributed by atoms with Gasteiger partial charge in [-0.1, -0.05) is 0 Å². The second kappa shape index (κ2) is 6.19. The second-order valence-electron chi connectivity index (χ2n) is 5.01. The van der Waals surface area contributed by atoms with Crippen LogP contribution in [0.3, 0.4) is 0 Å². The third kappa shape index (κ3) is 2.82. The molecule has 1 amide bonds. The summed E-state index contributed by atoms with van der Waals surface area (Å²) in [6.07, 6.45) is 1.66. The predicted molar refractivity (Wildman–Crippen MR) is 86.1 cm³/mol. The number of carbonyl (C=O) groups excluding carboxylic acids is 1. The molecule has 0 saturated carbocycles. The van der Waals surface area contributed by atoms with Crippen LogP contribution in [0.5, 0.6) is 0 Å². The number of aromatic nitrogens is 2. The fourth-order valence-corrected chi connectivity index (χ4v) is 3.10. The highest BCUT2D eigenvalue weighted by atomic mass is 32.1. The first-order valence-electron chi connectivity index (χ1n) is 7.05. The number of nitrogens with one attached hydrogen (secondary N) is 1. The van der Waals surface area contributed by atoms with Gasteiger partial charge in [-0.05, 0) is 37.4 Å². The number of nitrogens with zero attached hydrogens (tertiary/aromatic N) is 2. The van der Waals surface area contributed by atoms with Crippen LogP contribution in [-0.2, 0) is 6.54 Å². The zero-order valence-corrected chi connectivity index (χ0v) is 13.3. The van der Waals surface area contributed by atoms with E-state index < -0.39 is 0 Å². The van der Waals surface area contributed by atoms with Crippen molar-refractivity contribution in [3.05, 3.63) is 52.2 Å². The van der Waals surface area contributed by atoms with E-state index in [1.807, 2.05) is 47.5 Å². The van der Waals surface area contributed by atoms with Gasteiger partial charge in [0.1, 0.15) is 5.76 Å². The average Bonchev–Trinajstić information content (AvgIpc) is 3.22. The van der Waals surface area contributed by atoms with Crippen LogP contribution in [0.1, 0.15) is 21.7 Å². The molecule has 5 nitrogen and oxygen atoms in total. The van der Waals surface area contributed by atoms with Crippen molar-refractivity contribution >= 4 is 17.2 Å². The van der Waals surface area contributed by atoms with Crippen molar-refractivity contribution in [2.45, 2.75) is 20.4 Å². The fourth-order valence-electron chi connectivity index (χ4n) is 2.46. The van der Waals surface area contributed by atoms with Gasteiger partial charge in [0, 0.05) is 23.2 Å².